The molecule has 1 amide bonds. The van der Waals surface area contributed by atoms with E-state index in [1.807, 2.05) is 0 Å². The lowest BCUT2D eigenvalue weighted by Gasteiger charge is -2.34. The van der Waals surface area contributed by atoms with E-state index in [1.165, 1.54) is 35.9 Å². The Labute approximate surface area is 151 Å². The molecular weight excluding hydrogens is 310 g/mol. The molecule has 1 aromatic carbocycles. The van der Waals surface area contributed by atoms with E-state index in [2.05, 4.69) is 58.7 Å². The smallest absolute Gasteiger partial charge is 0.222 e. The first-order chi connectivity index (χ1) is 12.2. The first-order valence-electron chi connectivity index (χ1n) is 9.79. The van der Waals surface area contributed by atoms with Crippen molar-refractivity contribution in [1.82, 2.24) is 14.4 Å². The Bertz CT molecular complexity index is 698. The number of hydrogen-bond acceptors (Lipinski definition) is 2. The quantitative estimate of drug-likeness (QED) is 0.771. The zero-order valence-corrected chi connectivity index (χ0v) is 15.7. The number of unbranched alkanes of at least 4 members (excludes halogenated alkanes) is 1. The van der Waals surface area contributed by atoms with E-state index < -0.39 is 0 Å². The van der Waals surface area contributed by atoms with Gasteiger partial charge in [-0.25, -0.2) is 0 Å². The average Bonchev–Trinajstić information content (AvgIpc) is 3.07. The van der Waals surface area contributed by atoms with Crippen LogP contribution in [0.4, 0.5) is 0 Å². The third kappa shape index (κ3) is 4.43. The van der Waals surface area contributed by atoms with Crippen LogP contribution in [-0.2, 0) is 17.8 Å². The fraction of sp³-hybridized carbons (Fsp3) is 0.571. The summed E-state index contributed by atoms with van der Waals surface area (Å²) < 4.78 is 2.26. The van der Waals surface area contributed by atoms with Crippen molar-refractivity contribution in [1.29, 1.82) is 0 Å². The van der Waals surface area contributed by atoms with Crippen LogP contribution in [0.25, 0.3) is 10.9 Å². The molecule has 0 saturated carbocycles. The Balaban J connectivity index is 1.51. The van der Waals surface area contributed by atoms with E-state index in [1.54, 1.807) is 0 Å². The van der Waals surface area contributed by atoms with Gasteiger partial charge in [0.1, 0.15) is 0 Å². The van der Waals surface area contributed by atoms with Crippen molar-refractivity contribution in [3.05, 3.63) is 36.0 Å². The molecular formula is C21H31N3O. The minimum Gasteiger partial charge on any atom is -0.348 e. The summed E-state index contributed by atoms with van der Waals surface area (Å²) in [5.41, 5.74) is 2.54. The van der Waals surface area contributed by atoms with Crippen molar-refractivity contribution in [2.45, 2.75) is 46.1 Å². The number of hydrogen-bond donors (Lipinski definition) is 0. The van der Waals surface area contributed by atoms with Gasteiger partial charge in [-0.15, -0.1) is 0 Å². The number of aromatic nitrogens is 1. The average molecular weight is 341 g/mol. The van der Waals surface area contributed by atoms with Crippen molar-refractivity contribution < 1.29 is 4.79 Å². The highest BCUT2D eigenvalue weighted by molar-refractivity contribution is 5.81. The Morgan fingerprint density at radius 3 is 2.60 bits per heavy atom. The van der Waals surface area contributed by atoms with Crippen LogP contribution in [-0.4, -0.2) is 53.0 Å². The second-order valence-electron chi connectivity index (χ2n) is 7.07. The topological polar surface area (TPSA) is 28.5 Å². The zero-order chi connectivity index (χ0) is 17.6. The molecule has 25 heavy (non-hydrogen) atoms. The number of carbonyl (C=O) groups excluding carboxylic acids is 1. The van der Waals surface area contributed by atoms with Gasteiger partial charge < -0.3 is 9.47 Å². The van der Waals surface area contributed by atoms with Crippen LogP contribution in [0.5, 0.6) is 0 Å². The Hall–Kier alpha value is -1.81. The van der Waals surface area contributed by atoms with E-state index in [-0.39, 0.29) is 0 Å². The lowest BCUT2D eigenvalue weighted by molar-refractivity contribution is -0.132. The number of benzene rings is 1. The largest absolute Gasteiger partial charge is 0.348 e. The van der Waals surface area contributed by atoms with Crippen LogP contribution < -0.4 is 0 Å². The predicted molar refractivity (Wildman–Crippen MR) is 104 cm³/mol. The number of piperazine rings is 1. The maximum Gasteiger partial charge on any atom is 0.222 e. The van der Waals surface area contributed by atoms with Gasteiger partial charge in [-0.05, 0) is 49.4 Å². The van der Waals surface area contributed by atoms with E-state index in [0.29, 0.717) is 12.3 Å². The molecule has 0 unspecified atom stereocenters. The third-order valence-corrected chi connectivity index (χ3v) is 5.36. The van der Waals surface area contributed by atoms with Crippen molar-refractivity contribution in [3.63, 3.8) is 0 Å². The number of rotatable bonds is 7. The molecule has 0 atom stereocenters. The SMILES string of the molecule is CCCCN1CCN(C(=O)CCc2ccc3ccn(CC)c3c2)CC1. The zero-order valence-electron chi connectivity index (χ0n) is 15.7. The molecule has 0 radical (unpaired) electrons. The van der Waals surface area contributed by atoms with Crippen molar-refractivity contribution in [2.75, 3.05) is 32.7 Å². The number of amides is 1. The monoisotopic (exact) mass is 341 g/mol. The van der Waals surface area contributed by atoms with Gasteiger partial charge in [-0.2, -0.15) is 0 Å². The summed E-state index contributed by atoms with van der Waals surface area (Å²) in [4.78, 5) is 17.1. The van der Waals surface area contributed by atoms with E-state index >= 15 is 0 Å². The molecule has 1 fully saturated rings. The fourth-order valence-electron chi connectivity index (χ4n) is 3.67. The maximum atomic E-state index is 12.5. The summed E-state index contributed by atoms with van der Waals surface area (Å²) >= 11 is 0. The van der Waals surface area contributed by atoms with Gasteiger partial charge in [-0.3, -0.25) is 9.69 Å². The van der Waals surface area contributed by atoms with E-state index in [0.717, 1.165) is 39.1 Å². The van der Waals surface area contributed by atoms with Gasteiger partial charge in [-0.1, -0.05) is 25.5 Å². The molecule has 0 aliphatic carbocycles. The molecule has 0 N–H and O–H groups in total. The molecule has 2 heterocycles. The second kappa shape index (κ2) is 8.52. The standard InChI is InChI=1S/C21H31N3O/c1-3-5-11-22-13-15-24(16-14-22)21(25)9-7-18-6-8-19-10-12-23(4-2)20(19)17-18/h6,8,10,12,17H,3-5,7,9,11,13-16H2,1-2H3. The number of fused-ring (bicyclic) bond motifs is 1. The number of carbonyl (C=O) groups is 1. The molecule has 0 spiro atoms. The summed E-state index contributed by atoms with van der Waals surface area (Å²) in [6.45, 7) is 10.4. The molecule has 1 aromatic heterocycles. The summed E-state index contributed by atoms with van der Waals surface area (Å²) in [6.07, 6.45) is 6.09. The van der Waals surface area contributed by atoms with Crippen LogP contribution in [0.2, 0.25) is 0 Å². The van der Waals surface area contributed by atoms with Crippen LogP contribution in [0.1, 0.15) is 38.7 Å². The van der Waals surface area contributed by atoms with Gasteiger partial charge in [0.15, 0.2) is 0 Å². The number of aryl methyl sites for hydroxylation is 2. The minimum atomic E-state index is 0.307. The molecule has 2 aromatic rings. The molecule has 4 nitrogen and oxygen atoms in total. The van der Waals surface area contributed by atoms with Gasteiger partial charge in [0, 0.05) is 50.9 Å². The van der Waals surface area contributed by atoms with Crippen molar-refractivity contribution >= 4 is 16.8 Å². The van der Waals surface area contributed by atoms with Gasteiger partial charge >= 0.3 is 0 Å². The molecule has 1 aliphatic heterocycles. The normalized spacial score (nSPS) is 15.8. The van der Waals surface area contributed by atoms with Crippen molar-refractivity contribution in [2.24, 2.45) is 0 Å². The van der Waals surface area contributed by atoms with E-state index in [9.17, 15) is 4.79 Å². The second-order valence-corrected chi connectivity index (χ2v) is 7.07. The van der Waals surface area contributed by atoms with Gasteiger partial charge in [0.05, 0.1) is 0 Å². The van der Waals surface area contributed by atoms with Crippen LogP contribution in [0, 0.1) is 0 Å². The van der Waals surface area contributed by atoms with Gasteiger partial charge in [0.2, 0.25) is 5.91 Å². The summed E-state index contributed by atoms with van der Waals surface area (Å²) in [6, 6.07) is 8.74. The highest BCUT2D eigenvalue weighted by atomic mass is 16.2. The molecule has 0 bridgehead atoms. The molecule has 3 rings (SSSR count). The molecule has 136 valence electrons. The summed E-state index contributed by atoms with van der Waals surface area (Å²) in [5, 5.41) is 1.28. The maximum absolute atomic E-state index is 12.5. The van der Waals surface area contributed by atoms with Crippen LogP contribution in [0.15, 0.2) is 30.5 Å². The fourth-order valence-corrected chi connectivity index (χ4v) is 3.67. The van der Waals surface area contributed by atoms with E-state index in [4.69, 9.17) is 0 Å². The minimum absolute atomic E-state index is 0.307. The summed E-state index contributed by atoms with van der Waals surface area (Å²) in [7, 11) is 0. The van der Waals surface area contributed by atoms with Gasteiger partial charge in [0.25, 0.3) is 0 Å². The first kappa shape index (κ1) is 18.0. The van der Waals surface area contributed by atoms with Crippen molar-refractivity contribution in [3.8, 4) is 0 Å². The molecule has 4 heteroatoms. The lowest BCUT2D eigenvalue weighted by atomic mass is 10.1. The highest BCUT2D eigenvalue weighted by Gasteiger charge is 2.20. The van der Waals surface area contributed by atoms with Crippen LogP contribution in [0.3, 0.4) is 0 Å². The Kier molecular flexibility index (Phi) is 6.14. The Morgan fingerprint density at radius 2 is 1.88 bits per heavy atom. The van der Waals surface area contributed by atoms with Crippen LogP contribution >= 0.6 is 0 Å². The first-order valence-corrected chi connectivity index (χ1v) is 9.79. The third-order valence-electron chi connectivity index (χ3n) is 5.36. The highest BCUT2D eigenvalue weighted by Crippen LogP contribution is 2.19. The predicted octanol–water partition coefficient (Wildman–Crippen LogP) is 3.54. The Morgan fingerprint density at radius 1 is 1.08 bits per heavy atom. The summed E-state index contributed by atoms with van der Waals surface area (Å²) in [5.74, 6) is 0.307. The number of nitrogens with zero attached hydrogens (tertiary/aromatic N) is 3. The molecule has 1 saturated heterocycles. The lowest BCUT2D eigenvalue weighted by Crippen LogP contribution is -2.48. The molecule has 1 aliphatic rings.